The maximum absolute atomic E-state index is 12.7. The molecule has 136 valence electrons. The Hall–Kier alpha value is -0.910. The van der Waals surface area contributed by atoms with Crippen molar-refractivity contribution in [2.24, 2.45) is 5.92 Å². The molecular formula is C18H22Cl2N2O2S. The van der Waals surface area contributed by atoms with Crippen LogP contribution >= 0.6 is 35.0 Å². The minimum absolute atomic E-state index is 0.0866. The zero-order valence-corrected chi connectivity index (χ0v) is 16.3. The number of amides is 2. The van der Waals surface area contributed by atoms with Crippen LogP contribution in [0.1, 0.15) is 36.0 Å². The van der Waals surface area contributed by atoms with Gasteiger partial charge in [-0.2, -0.15) is 11.8 Å². The van der Waals surface area contributed by atoms with Crippen LogP contribution in [0, 0.1) is 5.92 Å². The molecule has 1 unspecified atom stereocenters. The molecule has 0 spiro atoms. The summed E-state index contributed by atoms with van der Waals surface area (Å²) in [5.41, 5.74) is 0.514. The van der Waals surface area contributed by atoms with Crippen molar-refractivity contribution in [2.75, 3.05) is 24.6 Å². The zero-order chi connectivity index (χ0) is 17.8. The topological polar surface area (TPSA) is 49.4 Å². The third kappa shape index (κ3) is 4.83. The Balaban J connectivity index is 1.60. The van der Waals surface area contributed by atoms with Crippen LogP contribution in [0.15, 0.2) is 18.2 Å². The van der Waals surface area contributed by atoms with E-state index >= 15 is 0 Å². The summed E-state index contributed by atoms with van der Waals surface area (Å²) in [6.07, 6.45) is 3.74. The number of rotatable bonds is 3. The van der Waals surface area contributed by atoms with Crippen LogP contribution in [-0.4, -0.2) is 47.4 Å². The highest BCUT2D eigenvalue weighted by atomic mass is 35.5. The highest BCUT2D eigenvalue weighted by Crippen LogP contribution is 2.25. The number of piperidine rings is 1. The first-order valence-corrected chi connectivity index (χ1v) is 10.6. The smallest absolute Gasteiger partial charge is 0.253 e. The second-order valence-corrected chi connectivity index (χ2v) is 8.65. The van der Waals surface area contributed by atoms with E-state index in [1.165, 1.54) is 0 Å². The first kappa shape index (κ1) is 18.9. The summed E-state index contributed by atoms with van der Waals surface area (Å²) >= 11 is 13.9. The molecule has 7 heteroatoms. The van der Waals surface area contributed by atoms with E-state index in [1.807, 2.05) is 11.8 Å². The predicted molar refractivity (Wildman–Crippen MR) is 104 cm³/mol. The van der Waals surface area contributed by atoms with Crippen LogP contribution in [0.25, 0.3) is 0 Å². The van der Waals surface area contributed by atoms with Gasteiger partial charge in [0.2, 0.25) is 5.91 Å². The van der Waals surface area contributed by atoms with Crippen molar-refractivity contribution >= 4 is 46.8 Å². The number of halogens is 2. The minimum Gasteiger partial charge on any atom is -0.353 e. The van der Waals surface area contributed by atoms with Crippen molar-refractivity contribution in [1.82, 2.24) is 10.2 Å². The molecule has 0 saturated carbocycles. The van der Waals surface area contributed by atoms with Crippen LogP contribution < -0.4 is 5.32 Å². The van der Waals surface area contributed by atoms with E-state index in [0.717, 1.165) is 37.2 Å². The number of nitrogens with zero attached hydrogens (tertiary/aromatic N) is 1. The van der Waals surface area contributed by atoms with Gasteiger partial charge in [-0.15, -0.1) is 0 Å². The molecule has 1 aromatic rings. The Kier molecular flexibility index (Phi) is 6.53. The van der Waals surface area contributed by atoms with Gasteiger partial charge in [-0.05, 0) is 55.4 Å². The molecule has 2 fully saturated rings. The van der Waals surface area contributed by atoms with E-state index in [1.54, 1.807) is 23.1 Å². The van der Waals surface area contributed by atoms with Gasteiger partial charge in [-0.3, -0.25) is 9.59 Å². The van der Waals surface area contributed by atoms with Gasteiger partial charge < -0.3 is 10.2 Å². The Bertz CT molecular complexity index is 650. The average Bonchev–Trinajstić information content (AvgIpc) is 2.64. The normalized spacial score (nSPS) is 21.8. The van der Waals surface area contributed by atoms with Gasteiger partial charge in [0.15, 0.2) is 0 Å². The maximum atomic E-state index is 12.7. The fourth-order valence-electron chi connectivity index (χ4n) is 3.35. The van der Waals surface area contributed by atoms with Gasteiger partial charge in [0.05, 0.1) is 16.0 Å². The van der Waals surface area contributed by atoms with Gasteiger partial charge in [-0.1, -0.05) is 23.2 Å². The van der Waals surface area contributed by atoms with Crippen molar-refractivity contribution < 1.29 is 9.59 Å². The Labute approximate surface area is 162 Å². The lowest BCUT2D eigenvalue weighted by Crippen LogP contribution is -2.48. The molecule has 3 rings (SSSR count). The number of benzene rings is 1. The SMILES string of the molecule is O=C(NC1CCSCC1)C1CCCN(C(=O)c2ccc(Cl)c(Cl)c2)C1. The van der Waals surface area contributed by atoms with Crippen molar-refractivity contribution in [1.29, 1.82) is 0 Å². The summed E-state index contributed by atoms with van der Waals surface area (Å²) in [4.78, 5) is 27.0. The molecule has 4 nitrogen and oxygen atoms in total. The highest BCUT2D eigenvalue weighted by molar-refractivity contribution is 7.99. The van der Waals surface area contributed by atoms with Gasteiger partial charge in [0.25, 0.3) is 5.91 Å². The van der Waals surface area contributed by atoms with Crippen LogP contribution in [0.5, 0.6) is 0 Å². The molecule has 2 aliphatic heterocycles. The second kappa shape index (κ2) is 8.65. The fourth-order valence-corrected chi connectivity index (χ4v) is 4.75. The van der Waals surface area contributed by atoms with Crippen molar-refractivity contribution in [3.8, 4) is 0 Å². The molecule has 0 aliphatic carbocycles. The Morgan fingerprint density at radius 2 is 1.88 bits per heavy atom. The molecular weight excluding hydrogens is 379 g/mol. The molecule has 1 N–H and O–H groups in total. The average molecular weight is 401 g/mol. The molecule has 25 heavy (non-hydrogen) atoms. The molecule has 0 radical (unpaired) electrons. The molecule has 2 amide bonds. The molecule has 1 atom stereocenters. The summed E-state index contributed by atoms with van der Waals surface area (Å²) in [5.74, 6) is 2.08. The third-order valence-corrected chi connectivity index (χ3v) is 6.60. The van der Waals surface area contributed by atoms with E-state index in [9.17, 15) is 9.59 Å². The van der Waals surface area contributed by atoms with Crippen LogP contribution in [0.2, 0.25) is 10.0 Å². The van der Waals surface area contributed by atoms with E-state index in [0.29, 0.717) is 28.7 Å². The summed E-state index contributed by atoms with van der Waals surface area (Å²) < 4.78 is 0. The number of likely N-dealkylation sites (tertiary alicyclic amines) is 1. The first-order valence-electron chi connectivity index (χ1n) is 8.67. The van der Waals surface area contributed by atoms with Gasteiger partial charge in [0.1, 0.15) is 0 Å². The number of hydrogen-bond acceptors (Lipinski definition) is 3. The number of thioether (sulfide) groups is 1. The molecule has 1 aromatic carbocycles. The standard InChI is InChI=1S/C18H22Cl2N2O2S/c19-15-4-3-12(10-16(15)20)18(24)22-7-1-2-13(11-22)17(23)21-14-5-8-25-9-6-14/h3-4,10,13-14H,1-2,5-9,11H2,(H,21,23). The van der Waals surface area contributed by atoms with E-state index in [2.05, 4.69) is 5.32 Å². The summed E-state index contributed by atoms with van der Waals surface area (Å²) in [6.45, 7) is 1.13. The highest BCUT2D eigenvalue weighted by Gasteiger charge is 2.30. The number of carbonyl (C=O) groups is 2. The van der Waals surface area contributed by atoms with Crippen LogP contribution in [0.3, 0.4) is 0 Å². The van der Waals surface area contributed by atoms with Gasteiger partial charge in [0, 0.05) is 24.7 Å². The quantitative estimate of drug-likeness (QED) is 0.837. The fraction of sp³-hybridized carbons (Fsp3) is 0.556. The molecule has 0 bridgehead atoms. The predicted octanol–water partition coefficient (Wildman–Crippen LogP) is 3.86. The van der Waals surface area contributed by atoms with Crippen LogP contribution in [0.4, 0.5) is 0 Å². The van der Waals surface area contributed by atoms with Crippen molar-refractivity contribution in [3.63, 3.8) is 0 Å². The van der Waals surface area contributed by atoms with Crippen molar-refractivity contribution in [2.45, 2.75) is 31.7 Å². The second-order valence-electron chi connectivity index (χ2n) is 6.61. The maximum Gasteiger partial charge on any atom is 0.253 e. The first-order chi connectivity index (χ1) is 12.0. The lowest BCUT2D eigenvalue weighted by atomic mass is 9.95. The van der Waals surface area contributed by atoms with Crippen LogP contribution in [-0.2, 0) is 4.79 Å². The summed E-state index contributed by atoms with van der Waals surface area (Å²) in [7, 11) is 0. The van der Waals surface area contributed by atoms with E-state index in [4.69, 9.17) is 23.2 Å². The number of nitrogens with one attached hydrogen (secondary N) is 1. The molecule has 2 saturated heterocycles. The summed E-state index contributed by atoms with van der Waals surface area (Å²) in [6, 6.07) is 5.19. The summed E-state index contributed by atoms with van der Waals surface area (Å²) in [5, 5.41) is 3.98. The molecule has 0 aromatic heterocycles. The lowest BCUT2D eigenvalue weighted by Gasteiger charge is -2.33. The van der Waals surface area contributed by atoms with Gasteiger partial charge >= 0.3 is 0 Å². The molecule has 2 heterocycles. The molecule has 2 aliphatic rings. The largest absolute Gasteiger partial charge is 0.353 e. The van der Waals surface area contributed by atoms with Crippen molar-refractivity contribution in [3.05, 3.63) is 33.8 Å². The van der Waals surface area contributed by atoms with E-state index < -0.39 is 0 Å². The number of carbonyl (C=O) groups excluding carboxylic acids is 2. The third-order valence-electron chi connectivity index (χ3n) is 4.81. The monoisotopic (exact) mass is 400 g/mol. The number of hydrogen-bond donors (Lipinski definition) is 1. The Morgan fingerprint density at radius 1 is 1.12 bits per heavy atom. The zero-order valence-electron chi connectivity index (χ0n) is 14.0. The minimum atomic E-state index is -0.130. The Morgan fingerprint density at radius 3 is 2.60 bits per heavy atom. The van der Waals surface area contributed by atoms with Gasteiger partial charge in [-0.25, -0.2) is 0 Å². The lowest BCUT2D eigenvalue weighted by molar-refractivity contribution is -0.127. The van der Waals surface area contributed by atoms with E-state index in [-0.39, 0.29) is 23.8 Å².